The van der Waals surface area contributed by atoms with Gasteiger partial charge in [-0.2, -0.15) is 0 Å². The van der Waals surface area contributed by atoms with Gasteiger partial charge in [0, 0.05) is 12.1 Å². The Morgan fingerprint density at radius 1 is 1.30 bits per heavy atom. The lowest BCUT2D eigenvalue weighted by Crippen LogP contribution is -2.05. The average molecular weight is 330 g/mol. The van der Waals surface area contributed by atoms with Crippen molar-refractivity contribution in [3.05, 3.63) is 51.2 Å². The van der Waals surface area contributed by atoms with Crippen molar-refractivity contribution >= 4 is 34.2 Å². The van der Waals surface area contributed by atoms with E-state index in [4.69, 9.17) is 30.2 Å². The Balaban J connectivity index is 1.92. The number of hydrogen-bond donors (Lipinski definition) is 1. The highest BCUT2D eigenvalue weighted by atomic mass is 32.1. The fourth-order valence-electron chi connectivity index (χ4n) is 2.44. The lowest BCUT2D eigenvalue weighted by Gasteiger charge is -2.08. The predicted molar refractivity (Wildman–Crippen MR) is 83.0 cm³/mol. The van der Waals surface area contributed by atoms with Crippen molar-refractivity contribution in [2.24, 2.45) is 0 Å². The molecule has 7 nitrogen and oxygen atoms in total. The van der Waals surface area contributed by atoms with E-state index in [9.17, 15) is 4.79 Å². The van der Waals surface area contributed by atoms with Gasteiger partial charge in [0.2, 0.25) is 0 Å². The number of nitrogens with one attached hydrogen (secondary N) is 1. The number of nitrogens with zero attached hydrogens (tertiary/aromatic N) is 1. The van der Waals surface area contributed by atoms with Crippen LogP contribution in [0.25, 0.3) is 21.9 Å². The molecule has 0 saturated carbocycles. The van der Waals surface area contributed by atoms with Gasteiger partial charge < -0.3 is 18.0 Å². The summed E-state index contributed by atoms with van der Waals surface area (Å²) in [6.07, 6.45) is 1.52. The van der Waals surface area contributed by atoms with Crippen LogP contribution in [0.3, 0.4) is 0 Å². The molecule has 3 aromatic heterocycles. The van der Waals surface area contributed by atoms with Crippen LogP contribution in [0.2, 0.25) is 0 Å². The molecule has 0 atom stereocenters. The summed E-state index contributed by atoms with van der Waals surface area (Å²) in [6.45, 7) is 1.72. The number of aryl methyl sites for hydroxylation is 1. The van der Waals surface area contributed by atoms with Crippen LogP contribution in [-0.4, -0.2) is 10.2 Å². The Hall–Kier alpha value is -2.87. The van der Waals surface area contributed by atoms with Crippen LogP contribution in [-0.2, 0) is 6.61 Å². The Morgan fingerprint density at radius 3 is 2.96 bits per heavy atom. The average Bonchev–Trinajstić information content (AvgIpc) is 3.11. The largest absolute Gasteiger partial charge is 0.482 e. The van der Waals surface area contributed by atoms with Crippen molar-refractivity contribution in [2.45, 2.75) is 13.5 Å². The van der Waals surface area contributed by atoms with Crippen LogP contribution < -0.4 is 10.2 Å². The molecular weight excluding hydrogens is 320 g/mol. The first-order chi connectivity index (χ1) is 11.1. The molecule has 0 aliphatic rings. The van der Waals surface area contributed by atoms with Crippen LogP contribution in [0.5, 0.6) is 5.75 Å². The molecule has 8 heteroatoms. The van der Waals surface area contributed by atoms with Gasteiger partial charge in [-0.15, -0.1) is 5.10 Å². The highest BCUT2D eigenvalue weighted by Gasteiger charge is 2.17. The van der Waals surface area contributed by atoms with E-state index >= 15 is 0 Å². The number of H-pyrrole nitrogens is 1. The van der Waals surface area contributed by atoms with Crippen LogP contribution in [0, 0.1) is 11.8 Å². The fourth-order valence-corrected chi connectivity index (χ4v) is 2.58. The molecule has 0 bridgehead atoms. The molecule has 0 unspecified atom stereocenters. The molecule has 0 saturated heterocycles. The van der Waals surface area contributed by atoms with E-state index in [2.05, 4.69) is 10.2 Å². The summed E-state index contributed by atoms with van der Waals surface area (Å²) >= 11 is 4.82. The highest BCUT2D eigenvalue weighted by molar-refractivity contribution is 7.71. The number of rotatable bonds is 3. The second kappa shape index (κ2) is 5.10. The third kappa shape index (κ3) is 2.33. The zero-order valence-corrected chi connectivity index (χ0v) is 12.7. The molecule has 3 heterocycles. The van der Waals surface area contributed by atoms with Crippen molar-refractivity contribution in [1.82, 2.24) is 10.2 Å². The third-order valence-electron chi connectivity index (χ3n) is 3.35. The van der Waals surface area contributed by atoms with Gasteiger partial charge >= 0.3 is 0 Å². The number of ether oxygens (including phenoxy) is 1. The molecule has 0 fully saturated rings. The van der Waals surface area contributed by atoms with E-state index < -0.39 is 0 Å². The summed E-state index contributed by atoms with van der Waals surface area (Å²) in [5, 5.41) is 7.40. The maximum atomic E-state index is 12.4. The second-order valence-corrected chi connectivity index (χ2v) is 5.30. The Bertz CT molecular complexity index is 1130. The monoisotopic (exact) mass is 330 g/mol. The quantitative estimate of drug-likeness (QED) is 0.575. The van der Waals surface area contributed by atoms with Gasteiger partial charge in [-0.05, 0) is 25.2 Å². The molecule has 0 radical (unpaired) electrons. The van der Waals surface area contributed by atoms with Crippen molar-refractivity contribution in [3.63, 3.8) is 0 Å². The Kier molecular flexibility index (Phi) is 3.05. The fraction of sp³-hybridized carbons (Fsp3) is 0.133. The van der Waals surface area contributed by atoms with Crippen LogP contribution in [0.1, 0.15) is 11.7 Å². The minimum Gasteiger partial charge on any atom is -0.482 e. The molecule has 4 aromatic rings. The van der Waals surface area contributed by atoms with Gasteiger partial charge in [0.1, 0.15) is 28.1 Å². The molecule has 116 valence electrons. The summed E-state index contributed by atoms with van der Waals surface area (Å²) in [6, 6.07) is 4.82. The summed E-state index contributed by atoms with van der Waals surface area (Å²) in [4.78, 5) is 12.5. The third-order valence-corrected chi connectivity index (χ3v) is 3.52. The minimum atomic E-state index is -0.190. The molecule has 4 rings (SSSR count). The normalized spacial score (nSPS) is 11.3. The number of benzene rings is 1. The zero-order valence-electron chi connectivity index (χ0n) is 11.9. The van der Waals surface area contributed by atoms with E-state index in [1.165, 1.54) is 12.3 Å². The van der Waals surface area contributed by atoms with Gasteiger partial charge in [-0.3, -0.25) is 4.79 Å². The van der Waals surface area contributed by atoms with Gasteiger partial charge in [0.15, 0.2) is 12.0 Å². The molecule has 1 aromatic carbocycles. The molecule has 23 heavy (non-hydrogen) atoms. The maximum absolute atomic E-state index is 12.4. The summed E-state index contributed by atoms with van der Waals surface area (Å²) in [5.74, 6) is 1.15. The molecule has 0 amide bonds. The van der Waals surface area contributed by atoms with Gasteiger partial charge in [0.25, 0.3) is 10.7 Å². The van der Waals surface area contributed by atoms with Gasteiger partial charge in [-0.1, -0.05) is 0 Å². The van der Waals surface area contributed by atoms with Crippen molar-refractivity contribution < 1.29 is 18.0 Å². The summed E-state index contributed by atoms with van der Waals surface area (Å²) < 4.78 is 21.9. The van der Waals surface area contributed by atoms with Crippen LogP contribution >= 0.6 is 12.2 Å². The van der Waals surface area contributed by atoms with E-state index in [1.807, 2.05) is 0 Å². The number of fused-ring (bicyclic) bond motifs is 2. The Morgan fingerprint density at radius 2 is 2.17 bits per heavy atom. The Labute approximate surface area is 133 Å². The van der Waals surface area contributed by atoms with E-state index in [-0.39, 0.29) is 22.8 Å². The number of hydrogen-bond acceptors (Lipinski definition) is 7. The zero-order chi connectivity index (χ0) is 16.0. The van der Waals surface area contributed by atoms with Crippen molar-refractivity contribution in [3.8, 4) is 5.75 Å². The lowest BCUT2D eigenvalue weighted by molar-refractivity contribution is 0.267. The maximum Gasteiger partial charge on any atom is 0.284 e. The van der Waals surface area contributed by atoms with Crippen LogP contribution in [0.15, 0.2) is 42.5 Å². The number of furan rings is 1. The first-order valence-corrected chi connectivity index (χ1v) is 7.14. The summed E-state index contributed by atoms with van der Waals surface area (Å²) in [7, 11) is 0. The topological polar surface area (TPSA) is 94.4 Å². The van der Waals surface area contributed by atoms with E-state index in [0.29, 0.717) is 33.4 Å². The molecule has 0 spiro atoms. The molecule has 0 aliphatic heterocycles. The van der Waals surface area contributed by atoms with Crippen molar-refractivity contribution in [1.29, 1.82) is 0 Å². The van der Waals surface area contributed by atoms with Gasteiger partial charge in [-0.25, -0.2) is 5.10 Å². The minimum absolute atomic E-state index is 0.0137. The SMILES string of the molecule is Cc1cc(=O)c2c(OCc3n[nH]c(=S)o3)c3ccoc3cc2o1. The lowest BCUT2D eigenvalue weighted by atomic mass is 10.1. The molecule has 0 aliphatic carbocycles. The van der Waals surface area contributed by atoms with Crippen molar-refractivity contribution in [2.75, 3.05) is 0 Å². The van der Waals surface area contributed by atoms with E-state index in [1.54, 1.807) is 19.1 Å². The smallest absolute Gasteiger partial charge is 0.284 e. The predicted octanol–water partition coefficient (Wildman–Crippen LogP) is 3.47. The number of aromatic amines is 1. The summed E-state index contributed by atoms with van der Waals surface area (Å²) in [5.41, 5.74) is 0.768. The number of aromatic nitrogens is 2. The first kappa shape index (κ1) is 13.8. The first-order valence-electron chi connectivity index (χ1n) is 6.73. The van der Waals surface area contributed by atoms with Gasteiger partial charge in [0.05, 0.1) is 11.6 Å². The van der Waals surface area contributed by atoms with Crippen LogP contribution in [0.4, 0.5) is 0 Å². The molecule has 1 N–H and O–H groups in total. The highest BCUT2D eigenvalue weighted by Crippen LogP contribution is 2.34. The second-order valence-electron chi connectivity index (χ2n) is 4.93. The van der Waals surface area contributed by atoms with E-state index in [0.717, 1.165) is 0 Å². The molecular formula is C15H10N2O5S. The standard InChI is InChI=1S/C15H10N2O5S/c1-7-4-9(18)13-11(21-7)5-10-8(2-3-19-10)14(13)20-6-12-16-17-15(23)22-12/h2-5H,6H2,1H3,(H,17,23).